The number of nitrogens with zero attached hydrogens (tertiary/aromatic N) is 3. The highest BCUT2D eigenvalue weighted by Gasteiger charge is 2.37. The van der Waals surface area contributed by atoms with E-state index in [2.05, 4.69) is 38.3 Å². The Hall–Kier alpha value is -1.78. The van der Waals surface area contributed by atoms with Gasteiger partial charge in [0.1, 0.15) is 6.54 Å². The molecule has 2 rings (SSSR count). The van der Waals surface area contributed by atoms with Crippen LogP contribution >= 0.6 is 0 Å². The Morgan fingerprint density at radius 3 is 2.46 bits per heavy atom. The monoisotopic (exact) mass is 389 g/mol. The molecule has 1 fully saturated rings. The lowest BCUT2D eigenvalue weighted by molar-refractivity contribution is -0.144. The molecule has 0 N–H and O–H groups in total. The van der Waals surface area contributed by atoms with Gasteiger partial charge in [-0.05, 0) is 43.7 Å². The number of carbonyl (C=O) groups excluding carboxylic acids is 2. The van der Waals surface area contributed by atoms with Crippen molar-refractivity contribution in [3.8, 4) is 0 Å². The summed E-state index contributed by atoms with van der Waals surface area (Å²) in [5, 5.41) is 0. The van der Waals surface area contributed by atoms with Crippen LogP contribution in [0, 0.1) is 11.8 Å². The molecule has 0 saturated heterocycles. The van der Waals surface area contributed by atoms with E-state index in [-0.39, 0.29) is 30.3 Å². The molecule has 1 aromatic rings. The van der Waals surface area contributed by atoms with Crippen molar-refractivity contribution in [1.29, 1.82) is 0 Å². The smallest absolute Gasteiger partial charge is 0.242 e. The van der Waals surface area contributed by atoms with E-state index in [1.54, 1.807) is 0 Å². The second-order valence-electron chi connectivity index (χ2n) is 8.72. The summed E-state index contributed by atoms with van der Waals surface area (Å²) < 4.78 is 2.06. The van der Waals surface area contributed by atoms with Crippen LogP contribution in [0.4, 0.5) is 0 Å². The van der Waals surface area contributed by atoms with Crippen LogP contribution < -0.4 is 0 Å². The Bertz CT molecular complexity index is 634. The number of carbonyl (C=O) groups is 2. The van der Waals surface area contributed by atoms with Crippen molar-refractivity contribution < 1.29 is 9.59 Å². The Labute approximate surface area is 171 Å². The summed E-state index contributed by atoms with van der Waals surface area (Å²) in [6.45, 7) is 10.0. The second kappa shape index (κ2) is 10.7. The highest BCUT2D eigenvalue weighted by molar-refractivity contribution is 5.86. The maximum Gasteiger partial charge on any atom is 0.242 e. The third-order valence-electron chi connectivity index (χ3n) is 5.67. The largest absolute Gasteiger partial charge is 0.353 e. The Morgan fingerprint density at radius 2 is 1.96 bits per heavy atom. The molecule has 28 heavy (non-hydrogen) atoms. The first-order chi connectivity index (χ1) is 13.4. The van der Waals surface area contributed by atoms with Gasteiger partial charge < -0.3 is 14.4 Å². The third-order valence-corrected chi connectivity index (χ3v) is 5.67. The van der Waals surface area contributed by atoms with Crippen LogP contribution in [0.15, 0.2) is 18.3 Å². The molecule has 1 aromatic heterocycles. The molecule has 0 spiro atoms. The minimum atomic E-state index is 0.0553. The first-order valence-corrected chi connectivity index (χ1v) is 11.1. The Kier molecular flexibility index (Phi) is 8.58. The molecule has 1 heterocycles. The minimum absolute atomic E-state index is 0.0553. The van der Waals surface area contributed by atoms with Crippen LogP contribution in [0.5, 0.6) is 0 Å². The standard InChI is InChI=1S/C23H39N3O2/c1-6-8-10-19(7-2)23(28)26(20-12-13-20)17-22(27)25(15-18(3)4)16-21-11-9-14-24(21)5/h9,11,14,18-20H,6-8,10,12-13,15-17H2,1-5H3. The normalized spacial score (nSPS) is 14.9. The van der Waals surface area contributed by atoms with Crippen molar-refractivity contribution in [2.24, 2.45) is 18.9 Å². The maximum absolute atomic E-state index is 13.2. The van der Waals surface area contributed by atoms with E-state index in [1.165, 1.54) is 0 Å². The fourth-order valence-electron chi connectivity index (χ4n) is 3.76. The van der Waals surface area contributed by atoms with Gasteiger partial charge in [0, 0.05) is 37.4 Å². The summed E-state index contributed by atoms with van der Waals surface area (Å²) >= 11 is 0. The molecular weight excluding hydrogens is 350 g/mol. The number of aryl methyl sites for hydroxylation is 1. The third kappa shape index (κ3) is 6.39. The first-order valence-electron chi connectivity index (χ1n) is 11.1. The van der Waals surface area contributed by atoms with Crippen molar-refractivity contribution in [1.82, 2.24) is 14.4 Å². The van der Waals surface area contributed by atoms with Crippen LogP contribution in [0.25, 0.3) is 0 Å². The van der Waals surface area contributed by atoms with E-state index in [4.69, 9.17) is 0 Å². The van der Waals surface area contributed by atoms with E-state index < -0.39 is 0 Å². The SMILES string of the molecule is CCCCC(CC)C(=O)N(CC(=O)N(Cc1cccn1C)CC(C)C)C1CC1. The van der Waals surface area contributed by atoms with Gasteiger partial charge >= 0.3 is 0 Å². The number of amides is 2. The zero-order valence-electron chi connectivity index (χ0n) is 18.5. The topological polar surface area (TPSA) is 45.6 Å². The highest BCUT2D eigenvalue weighted by Crippen LogP contribution is 2.30. The van der Waals surface area contributed by atoms with Gasteiger partial charge in [-0.15, -0.1) is 0 Å². The zero-order valence-corrected chi connectivity index (χ0v) is 18.5. The van der Waals surface area contributed by atoms with E-state index in [1.807, 2.05) is 29.1 Å². The van der Waals surface area contributed by atoms with Crippen molar-refractivity contribution in [3.05, 3.63) is 24.0 Å². The maximum atomic E-state index is 13.2. The van der Waals surface area contributed by atoms with Gasteiger partial charge in [0.25, 0.3) is 0 Å². The molecular formula is C23H39N3O2. The highest BCUT2D eigenvalue weighted by atomic mass is 16.2. The Balaban J connectivity index is 2.08. The number of aromatic nitrogens is 1. The van der Waals surface area contributed by atoms with Crippen LogP contribution in [0.2, 0.25) is 0 Å². The van der Waals surface area contributed by atoms with Gasteiger partial charge in [0.2, 0.25) is 11.8 Å². The average molecular weight is 390 g/mol. The average Bonchev–Trinajstić information content (AvgIpc) is 3.42. The molecule has 0 bridgehead atoms. The van der Waals surface area contributed by atoms with Crippen LogP contribution in [-0.2, 0) is 23.2 Å². The van der Waals surface area contributed by atoms with Gasteiger partial charge in [0.05, 0.1) is 6.54 Å². The molecule has 1 atom stereocenters. The van der Waals surface area contributed by atoms with Gasteiger partial charge in [0.15, 0.2) is 0 Å². The van der Waals surface area contributed by atoms with Crippen LogP contribution in [0.1, 0.15) is 71.9 Å². The summed E-state index contributed by atoms with van der Waals surface area (Å²) in [5.74, 6) is 0.706. The lowest BCUT2D eigenvalue weighted by atomic mass is 9.97. The van der Waals surface area contributed by atoms with E-state index in [9.17, 15) is 9.59 Å². The zero-order chi connectivity index (χ0) is 20.7. The lowest BCUT2D eigenvalue weighted by Crippen LogP contribution is -2.46. The molecule has 158 valence electrons. The number of hydrogen-bond donors (Lipinski definition) is 0. The number of hydrogen-bond acceptors (Lipinski definition) is 2. The molecule has 5 nitrogen and oxygen atoms in total. The van der Waals surface area contributed by atoms with Crippen molar-refractivity contribution >= 4 is 11.8 Å². The summed E-state index contributed by atoms with van der Waals surface area (Å²) in [5.41, 5.74) is 1.12. The Morgan fingerprint density at radius 1 is 1.25 bits per heavy atom. The molecule has 5 heteroatoms. The molecule has 2 amide bonds. The van der Waals surface area contributed by atoms with E-state index in [0.29, 0.717) is 19.0 Å². The summed E-state index contributed by atoms with van der Waals surface area (Å²) in [4.78, 5) is 30.2. The second-order valence-corrected chi connectivity index (χ2v) is 8.72. The quantitative estimate of drug-likeness (QED) is 0.537. The molecule has 0 aromatic carbocycles. The van der Waals surface area contributed by atoms with Crippen LogP contribution in [0.3, 0.4) is 0 Å². The molecule has 1 aliphatic carbocycles. The molecule has 1 saturated carbocycles. The number of rotatable bonds is 12. The van der Waals surface area contributed by atoms with Gasteiger partial charge in [-0.2, -0.15) is 0 Å². The molecule has 0 aliphatic heterocycles. The summed E-state index contributed by atoms with van der Waals surface area (Å²) in [6, 6.07) is 4.33. The summed E-state index contributed by atoms with van der Waals surface area (Å²) in [7, 11) is 2.01. The minimum Gasteiger partial charge on any atom is -0.353 e. The van der Waals surface area contributed by atoms with Crippen molar-refractivity contribution in [3.63, 3.8) is 0 Å². The van der Waals surface area contributed by atoms with Crippen molar-refractivity contribution in [2.45, 2.75) is 78.8 Å². The van der Waals surface area contributed by atoms with Crippen molar-refractivity contribution in [2.75, 3.05) is 13.1 Å². The predicted octanol–water partition coefficient (Wildman–Crippen LogP) is 4.22. The lowest BCUT2D eigenvalue weighted by Gasteiger charge is -2.31. The molecule has 1 aliphatic rings. The van der Waals surface area contributed by atoms with E-state index in [0.717, 1.165) is 44.2 Å². The van der Waals surface area contributed by atoms with Gasteiger partial charge in [-0.1, -0.05) is 40.5 Å². The first kappa shape index (κ1) is 22.5. The number of unbranched alkanes of at least 4 members (excludes halogenated alkanes) is 1. The molecule has 1 unspecified atom stereocenters. The fourth-order valence-corrected chi connectivity index (χ4v) is 3.76. The molecule has 0 radical (unpaired) electrons. The van der Waals surface area contributed by atoms with Crippen LogP contribution in [-0.4, -0.2) is 45.3 Å². The summed E-state index contributed by atoms with van der Waals surface area (Å²) in [6.07, 6.45) is 8.04. The van der Waals surface area contributed by atoms with Gasteiger partial charge in [-0.25, -0.2) is 0 Å². The van der Waals surface area contributed by atoms with E-state index >= 15 is 0 Å². The van der Waals surface area contributed by atoms with Gasteiger partial charge in [-0.3, -0.25) is 9.59 Å². The predicted molar refractivity (Wildman–Crippen MR) is 114 cm³/mol. The fraction of sp³-hybridized carbons (Fsp3) is 0.739.